The van der Waals surface area contributed by atoms with Gasteiger partial charge in [-0.15, -0.1) is 0 Å². The van der Waals surface area contributed by atoms with Crippen LogP contribution in [-0.2, 0) is 0 Å². The largest absolute Gasteiger partial charge is 0.502 e. The molecular formula is C6H6N4O3. The number of nitrogens with two attached hydrogens (primary N) is 2. The van der Waals surface area contributed by atoms with Crippen molar-refractivity contribution in [2.24, 2.45) is 0 Å². The first-order valence-electron chi connectivity index (χ1n) is 3.37. The number of nitrogens with zero attached hydrogens (tertiary/aromatic N) is 2. The van der Waals surface area contributed by atoms with Gasteiger partial charge in [-0.25, -0.2) is 0 Å². The van der Waals surface area contributed by atoms with Crippen LogP contribution in [-0.4, -0.2) is 10.3 Å². The van der Waals surface area contributed by atoms with Crippen LogP contribution in [0.1, 0.15) is 0 Å². The van der Waals surface area contributed by atoms with Gasteiger partial charge in [0.15, 0.2) is 5.75 Å². The molecule has 0 atom stereocenters. The van der Waals surface area contributed by atoms with Gasteiger partial charge in [0.25, 0.3) is 11.0 Å². The Kier molecular flexibility index (Phi) is 1.24. The summed E-state index contributed by atoms with van der Waals surface area (Å²) in [6.45, 7) is 0. The van der Waals surface area contributed by atoms with Gasteiger partial charge in [0.05, 0.1) is 16.5 Å². The molecule has 7 nitrogen and oxygen atoms in total. The van der Waals surface area contributed by atoms with E-state index >= 15 is 0 Å². The fraction of sp³-hybridized carbons (Fsp3) is 0. The minimum Gasteiger partial charge on any atom is -0.502 e. The van der Waals surface area contributed by atoms with Crippen molar-refractivity contribution in [3.8, 4) is 5.75 Å². The van der Waals surface area contributed by atoms with Crippen molar-refractivity contribution in [3.63, 3.8) is 0 Å². The lowest BCUT2D eigenvalue weighted by molar-refractivity contribution is -0.781. The average molecular weight is 182 g/mol. The molecule has 2 rings (SSSR count). The van der Waals surface area contributed by atoms with Crippen molar-refractivity contribution in [3.05, 3.63) is 11.3 Å². The van der Waals surface area contributed by atoms with Gasteiger partial charge < -0.3 is 21.8 Å². The lowest BCUT2D eigenvalue weighted by Gasteiger charge is -1.97. The van der Waals surface area contributed by atoms with Crippen molar-refractivity contribution in [1.82, 2.24) is 5.16 Å². The number of hydrogen-bond donors (Lipinski definition) is 3. The zero-order valence-electron chi connectivity index (χ0n) is 6.39. The van der Waals surface area contributed by atoms with E-state index in [4.69, 9.17) is 11.5 Å². The van der Waals surface area contributed by atoms with E-state index in [1.54, 1.807) is 0 Å². The molecule has 0 unspecified atom stereocenters. The number of benzene rings is 1. The van der Waals surface area contributed by atoms with Gasteiger partial charge in [-0.2, -0.15) is 0 Å². The summed E-state index contributed by atoms with van der Waals surface area (Å²) < 4.78 is 4.25. The molecule has 0 radical (unpaired) electrons. The first-order chi connectivity index (χ1) is 6.11. The van der Waals surface area contributed by atoms with Crippen molar-refractivity contribution < 1.29 is 14.6 Å². The van der Waals surface area contributed by atoms with Crippen LogP contribution in [0.15, 0.2) is 10.7 Å². The van der Waals surface area contributed by atoms with Gasteiger partial charge in [0, 0.05) is 0 Å². The number of aromatic hydroxyl groups is 1. The molecule has 0 spiro atoms. The summed E-state index contributed by atoms with van der Waals surface area (Å²) in [4.78, 5) is 0.115. The number of nitrogen functional groups attached to an aromatic ring is 2. The Morgan fingerprint density at radius 3 is 2.85 bits per heavy atom. The van der Waals surface area contributed by atoms with Crippen LogP contribution in [0.2, 0.25) is 0 Å². The van der Waals surface area contributed by atoms with Crippen molar-refractivity contribution in [1.29, 1.82) is 0 Å². The van der Waals surface area contributed by atoms with Gasteiger partial charge in [0.1, 0.15) is 0 Å². The summed E-state index contributed by atoms with van der Waals surface area (Å²) in [5.74, 6) is -0.303. The second-order valence-corrected chi connectivity index (χ2v) is 2.53. The standard InChI is InChI=1S/C6H6N4O3/c7-2-1-3(8)6(11)4-5(2)10(12)13-9-4/h1,11H,7-8H2. The van der Waals surface area contributed by atoms with Crippen molar-refractivity contribution in [2.45, 2.75) is 0 Å². The van der Waals surface area contributed by atoms with E-state index < -0.39 is 0 Å². The maximum atomic E-state index is 10.9. The highest BCUT2D eigenvalue weighted by Gasteiger charge is 2.19. The minimum atomic E-state index is -0.303. The number of hydrogen-bond acceptors (Lipinski definition) is 6. The fourth-order valence-electron chi connectivity index (χ4n) is 1.09. The zero-order valence-corrected chi connectivity index (χ0v) is 6.39. The molecule has 0 amide bonds. The number of aromatic nitrogens is 2. The predicted molar refractivity (Wildman–Crippen MR) is 43.5 cm³/mol. The number of fused-ring (bicyclic) bond motifs is 1. The maximum Gasteiger partial charge on any atom is 0.294 e. The van der Waals surface area contributed by atoms with Crippen molar-refractivity contribution >= 4 is 22.4 Å². The van der Waals surface area contributed by atoms with Crippen LogP contribution < -0.4 is 16.4 Å². The number of phenolic OH excluding ortho intramolecular Hbond substituents is 1. The molecular weight excluding hydrogens is 176 g/mol. The third kappa shape index (κ3) is 0.835. The lowest BCUT2D eigenvalue weighted by Crippen LogP contribution is -2.23. The van der Waals surface area contributed by atoms with E-state index in [0.29, 0.717) is 0 Å². The Labute approximate surface area is 71.7 Å². The Hall–Kier alpha value is -2.18. The van der Waals surface area contributed by atoms with E-state index in [0.717, 1.165) is 0 Å². The minimum absolute atomic E-state index is 0.0216. The lowest BCUT2D eigenvalue weighted by atomic mass is 10.2. The van der Waals surface area contributed by atoms with Gasteiger partial charge in [-0.3, -0.25) is 4.63 Å². The van der Waals surface area contributed by atoms with E-state index in [9.17, 15) is 10.3 Å². The Morgan fingerprint density at radius 2 is 2.15 bits per heavy atom. The number of phenols is 1. The second kappa shape index (κ2) is 2.16. The first kappa shape index (κ1) is 7.47. The summed E-state index contributed by atoms with van der Waals surface area (Å²) in [6.07, 6.45) is 0. The predicted octanol–water partition coefficient (Wildman–Crippen LogP) is -0.669. The summed E-state index contributed by atoms with van der Waals surface area (Å²) in [5, 5.41) is 23.6. The third-order valence-electron chi connectivity index (χ3n) is 1.70. The normalized spacial score (nSPS) is 10.8. The summed E-state index contributed by atoms with van der Waals surface area (Å²) in [7, 11) is 0. The van der Waals surface area contributed by atoms with Crippen LogP contribution >= 0.6 is 0 Å². The quantitative estimate of drug-likeness (QED) is 0.215. The van der Waals surface area contributed by atoms with Crippen LogP contribution in [0.25, 0.3) is 11.0 Å². The second-order valence-electron chi connectivity index (χ2n) is 2.53. The summed E-state index contributed by atoms with van der Waals surface area (Å²) >= 11 is 0. The zero-order chi connectivity index (χ0) is 9.59. The molecule has 0 saturated carbocycles. The highest BCUT2D eigenvalue weighted by molar-refractivity contribution is 5.93. The molecule has 0 fully saturated rings. The fourth-order valence-corrected chi connectivity index (χ4v) is 1.09. The number of rotatable bonds is 0. The van der Waals surface area contributed by atoms with Crippen LogP contribution in [0.4, 0.5) is 11.4 Å². The number of anilines is 2. The molecule has 1 aromatic heterocycles. The molecule has 1 heterocycles. The third-order valence-corrected chi connectivity index (χ3v) is 1.70. The molecule has 68 valence electrons. The van der Waals surface area contributed by atoms with Crippen molar-refractivity contribution in [2.75, 3.05) is 11.5 Å². The highest BCUT2D eigenvalue weighted by Crippen LogP contribution is 2.31. The molecule has 2 aromatic rings. The monoisotopic (exact) mass is 182 g/mol. The molecule has 1 aromatic carbocycles. The SMILES string of the molecule is Nc1cc(N)c2c(no[n+]2[O-])c1O. The molecule has 5 N–H and O–H groups in total. The van der Waals surface area contributed by atoms with Gasteiger partial charge in [-0.05, 0) is 11.0 Å². The topological polar surface area (TPSA) is 125 Å². The Bertz CT molecular complexity index is 478. The van der Waals surface area contributed by atoms with E-state index in [1.807, 2.05) is 0 Å². The Balaban J connectivity index is 2.99. The van der Waals surface area contributed by atoms with E-state index in [-0.39, 0.29) is 33.1 Å². The Morgan fingerprint density at radius 1 is 1.46 bits per heavy atom. The molecule has 13 heavy (non-hydrogen) atoms. The van der Waals surface area contributed by atoms with Gasteiger partial charge in [-0.1, -0.05) is 0 Å². The first-order valence-corrected chi connectivity index (χ1v) is 3.37. The van der Waals surface area contributed by atoms with Gasteiger partial charge >= 0.3 is 0 Å². The summed E-state index contributed by atoms with van der Waals surface area (Å²) in [6, 6.07) is 1.27. The molecule has 0 aliphatic heterocycles. The molecule has 7 heteroatoms. The van der Waals surface area contributed by atoms with E-state index in [1.165, 1.54) is 6.07 Å². The average Bonchev–Trinajstić information content (AvgIpc) is 2.44. The van der Waals surface area contributed by atoms with Crippen LogP contribution in [0, 0.1) is 5.21 Å². The van der Waals surface area contributed by atoms with Crippen LogP contribution in [0.5, 0.6) is 5.75 Å². The molecule has 0 saturated heterocycles. The molecule has 0 aliphatic rings. The summed E-state index contributed by atoms with van der Waals surface area (Å²) in [5.41, 5.74) is 10.9. The smallest absolute Gasteiger partial charge is 0.294 e. The van der Waals surface area contributed by atoms with Crippen LogP contribution in [0.3, 0.4) is 0 Å². The van der Waals surface area contributed by atoms with Gasteiger partial charge in [0.2, 0.25) is 0 Å². The molecule has 0 bridgehead atoms. The van der Waals surface area contributed by atoms with E-state index in [2.05, 4.69) is 9.79 Å². The maximum absolute atomic E-state index is 10.9. The molecule has 0 aliphatic carbocycles. The highest BCUT2D eigenvalue weighted by atomic mass is 16.8.